The van der Waals surface area contributed by atoms with Gasteiger partial charge in [-0.3, -0.25) is 4.79 Å². The molecule has 1 fully saturated rings. The van der Waals surface area contributed by atoms with Gasteiger partial charge in [0.05, 0.1) is 5.75 Å². The van der Waals surface area contributed by atoms with E-state index in [1.807, 2.05) is 4.90 Å². The van der Waals surface area contributed by atoms with Gasteiger partial charge in [-0.05, 0) is 51.3 Å². The van der Waals surface area contributed by atoms with Gasteiger partial charge in [0.15, 0.2) is 0 Å². The van der Waals surface area contributed by atoms with Gasteiger partial charge in [-0.2, -0.15) is 0 Å². The fourth-order valence-electron chi connectivity index (χ4n) is 3.12. The van der Waals surface area contributed by atoms with E-state index in [9.17, 15) is 9.18 Å². The molecule has 0 spiro atoms. The molecule has 0 N–H and O–H groups in total. The molecule has 0 unspecified atom stereocenters. The monoisotopic (exact) mass is 349 g/mol. The van der Waals surface area contributed by atoms with E-state index in [2.05, 4.69) is 24.0 Å². The van der Waals surface area contributed by atoms with Crippen LogP contribution < -0.4 is 0 Å². The number of aromatic nitrogens is 2. The molecule has 2 atom stereocenters. The molecule has 0 bridgehead atoms. The number of hydrogen-bond donors (Lipinski definition) is 0. The van der Waals surface area contributed by atoms with Crippen LogP contribution in [0.2, 0.25) is 0 Å². The summed E-state index contributed by atoms with van der Waals surface area (Å²) in [4.78, 5) is 14.4. The smallest absolute Gasteiger partial charge is 0.277 e. The van der Waals surface area contributed by atoms with Gasteiger partial charge in [0, 0.05) is 17.6 Å². The number of rotatable bonds is 4. The summed E-state index contributed by atoms with van der Waals surface area (Å²) in [5, 5.41) is 8.17. The van der Waals surface area contributed by atoms with Gasteiger partial charge in [-0.15, -0.1) is 10.2 Å². The number of carbonyl (C=O) groups is 1. The zero-order valence-electron chi connectivity index (χ0n) is 13.7. The first-order chi connectivity index (χ1) is 11.5. The zero-order chi connectivity index (χ0) is 17.1. The molecule has 1 amide bonds. The first-order valence-electron chi connectivity index (χ1n) is 8.08. The molecule has 1 aliphatic rings. The third kappa shape index (κ3) is 3.77. The largest absolute Gasteiger partial charge is 0.411 e. The summed E-state index contributed by atoms with van der Waals surface area (Å²) in [5.41, 5.74) is 0.527. The Labute approximate surface area is 144 Å². The van der Waals surface area contributed by atoms with Crippen molar-refractivity contribution in [2.75, 3.05) is 5.75 Å². The second-order valence-corrected chi connectivity index (χ2v) is 7.03. The molecule has 1 aromatic carbocycles. The van der Waals surface area contributed by atoms with Gasteiger partial charge in [0.1, 0.15) is 5.82 Å². The lowest BCUT2D eigenvalue weighted by molar-refractivity contribution is -0.134. The Morgan fingerprint density at radius 2 is 2.08 bits per heavy atom. The van der Waals surface area contributed by atoms with Crippen molar-refractivity contribution in [1.82, 2.24) is 15.1 Å². The Hall–Kier alpha value is -1.89. The van der Waals surface area contributed by atoms with Crippen LogP contribution in [0.15, 0.2) is 33.9 Å². The summed E-state index contributed by atoms with van der Waals surface area (Å²) in [6.07, 6.45) is 3.26. The Balaban J connectivity index is 1.62. The van der Waals surface area contributed by atoms with E-state index in [-0.39, 0.29) is 35.5 Å². The molecule has 2 aromatic rings. The second kappa shape index (κ2) is 7.34. The first kappa shape index (κ1) is 17.0. The summed E-state index contributed by atoms with van der Waals surface area (Å²) in [6, 6.07) is 6.52. The van der Waals surface area contributed by atoms with Crippen LogP contribution in [-0.2, 0) is 4.79 Å². The van der Waals surface area contributed by atoms with Gasteiger partial charge >= 0.3 is 0 Å². The molecule has 1 aromatic heterocycles. The summed E-state index contributed by atoms with van der Waals surface area (Å²) in [6.45, 7) is 4.18. The maximum atomic E-state index is 13.2. The lowest BCUT2D eigenvalue weighted by Crippen LogP contribution is -2.48. The van der Waals surface area contributed by atoms with Crippen LogP contribution in [0, 0.1) is 5.82 Å². The number of likely N-dealkylation sites (tertiary alicyclic amines) is 1. The summed E-state index contributed by atoms with van der Waals surface area (Å²) < 4.78 is 18.8. The van der Waals surface area contributed by atoms with Crippen LogP contribution in [0.5, 0.6) is 0 Å². The summed E-state index contributed by atoms with van der Waals surface area (Å²) >= 11 is 1.22. The Bertz CT molecular complexity index is 711. The van der Waals surface area contributed by atoms with Crippen molar-refractivity contribution in [3.05, 3.63) is 30.1 Å². The van der Waals surface area contributed by atoms with Crippen LogP contribution >= 0.6 is 11.8 Å². The molecule has 128 valence electrons. The number of benzene rings is 1. The second-order valence-electron chi connectivity index (χ2n) is 6.10. The molecule has 0 aliphatic carbocycles. The van der Waals surface area contributed by atoms with Gasteiger partial charge in [-0.1, -0.05) is 17.8 Å². The molecule has 0 saturated carbocycles. The third-order valence-corrected chi connectivity index (χ3v) is 5.08. The topological polar surface area (TPSA) is 59.2 Å². The molecular weight excluding hydrogens is 329 g/mol. The van der Waals surface area contributed by atoms with E-state index in [1.54, 1.807) is 12.1 Å². The normalized spacial score (nSPS) is 21.0. The Kier molecular flexibility index (Phi) is 5.18. The minimum atomic E-state index is -0.358. The third-order valence-electron chi connectivity index (χ3n) is 4.28. The van der Waals surface area contributed by atoms with Crippen molar-refractivity contribution in [2.45, 2.75) is 50.4 Å². The molecule has 24 heavy (non-hydrogen) atoms. The number of thioether (sulfide) groups is 1. The van der Waals surface area contributed by atoms with E-state index in [0.29, 0.717) is 10.8 Å². The molecule has 1 saturated heterocycles. The van der Waals surface area contributed by atoms with Gasteiger partial charge in [0.25, 0.3) is 5.22 Å². The average molecular weight is 349 g/mol. The van der Waals surface area contributed by atoms with Crippen molar-refractivity contribution in [2.24, 2.45) is 0 Å². The molecule has 7 heteroatoms. The minimum Gasteiger partial charge on any atom is -0.411 e. The van der Waals surface area contributed by atoms with E-state index < -0.39 is 0 Å². The van der Waals surface area contributed by atoms with E-state index >= 15 is 0 Å². The molecule has 2 heterocycles. The van der Waals surface area contributed by atoms with Crippen LogP contribution in [0.25, 0.3) is 11.5 Å². The highest BCUT2D eigenvalue weighted by Crippen LogP contribution is 2.26. The molecule has 5 nitrogen and oxygen atoms in total. The molecule has 1 aliphatic heterocycles. The van der Waals surface area contributed by atoms with Crippen molar-refractivity contribution in [1.29, 1.82) is 0 Å². The fraction of sp³-hybridized carbons (Fsp3) is 0.471. The van der Waals surface area contributed by atoms with Crippen molar-refractivity contribution >= 4 is 17.7 Å². The number of halogens is 1. The van der Waals surface area contributed by atoms with Crippen LogP contribution in [0.1, 0.15) is 33.1 Å². The van der Waals surface area contributed by atoms with Gasteiger partial charge in [0.2, 0.25) is 11.8 Å². The predicted molar refractivity (Wildman–Crippen MR) is 90.0 cm³/mol. The van der Waals surface area contributed by atoms with Crippen molar-refractivity contribution < 1.29 is 13.6 Å². The minimum absolute atomic E-state index is 0.0882. The van der Waals surface area contributed by atoms with Crippen molar-refractivity contribution in [3.63, 3.8) is 0 Å². The zero-order valence-corrected chi connectivity index (χ0v) is 14.6. The highest BCUT2D eigenvalue weighted by atomic mass is 32.2. The van der Waals surface area contributed by atoms with Crippen LogP contribution in [0.3, 0.4) is 0 Å². The predicted octanol–water partition coefficient (Wildman–Crippen LogP) is 3.76. The molecule has 3 rings (SSSR count). The quantitative estimate of drug-likeness (QED) is 0.787. The number of carbonyl (C=O) groups excluding carboxylic acids is 1. The average Bonchev–Trinajstić information content (AvgIpc) is 3.02. The Morgan fingerprint density at radius 1 is 1.33 bits per heavy atom. The highest BCUT2D eigenvalue weighted by molar-refractivity contribution is 7.99. The number of amides is 1. The maximum absolute atomic E-state index is 13.2. The fourth-order valence-corrected chi connectivity index (χ4v) is 3.75. The standard InChI is InChI=1S/C17H20FN3O2S/c1-11-5-3-6-12(2)21(11)15(22)10-24-17-20-19-16(23-17)13-7-4-8-14(18)9-13/h4,7-9,11-12H,3,5-6,10H2,1-2H3/t11-,12+. The summed E-state index contributed by atoms with van der Waals surface area (Å²) in [7, 11) is 0. The maximum Gasteiger partial charge on any atom is 0.277 e. The number of hydrogen-bond acceptors (Lipinski definition) is 5. The van der Waals surface area contributed by atoms with Crippen LogP contribution in [-0.4, -0.2) is 38.8 Å². The Morgan fingerprint density at radius 3 is 2.79 bits per heavy atom. The summed E-state index contributed by atoms with van der Waals surface area (Å²) in [5.74, 6) is 0.247. The van der Waals surface area contributed by atoms with Crippen molar-refractivity contribution in [3.8, 4) is 11.5 Å². The van der Waals surface area contributed by atoms with E-state index in [0.717, 1.165) is 12.8 Å². The van der Waals surface area contributed by atoms with Crippen LogP contribution in [0.4, 0.5) is 4.39 Å². The van der Waals surface area contributed by atoms with Gasteiger partial charge in [-0.25, -0.2) is 4.39 Å². The number of nitrogens with zero attached hydrogens (tertiary/aromatic N) is 3. The molecular formula is C17H20FN3O2S. The highest BCUT2D eigenvalue weighted by Gasteiger charge is 2.29. The lowest BCUT2D eigenvalue weighted by Gasteiger charge is -2.39. The first-order valence-corrected chi connectivity index (χ1v) is 9.06. The van der Waals surface area contributed by atoms with E-state index in [1.165, 1.54) is 30.3 Å². The number of piperidine rings is 1. The molecule has 0 radical (unpaired) electrons. The lowest BCUT2D eigenvalue weighted by atomic mass is 9.98. The SMILES string of the molecule is C[C@@H]1CCC[C@H](C)N1C(=O)CSc1nnc(-c2cccc(F)c2)o1. The van der Waals surface area contributed by atoms with Gasteiger partial charge < -0.3 is 9.32 Å². The van der Waals surface area contributed by atoms with E-state index in [4.69, 9.17) is 4.42 Å².